The number of non-ortho nitro benzene ring substituents is 1. The number of nitro groups is 1. The molecule has 0 saturated carbocycles. The summed E-state index contributed by atoms with van der Waals surface area (Å²) in [5, 5.41) is 11.3. The molecule has 0 spiro atoms. The van der Waals surface area contributed by atoms with Gasteiger partial charge in [0.15, 0.2) is 0 Å². The fourth-order valence-corrected chi connectivity index (χ4v) is 5.78. The molecule has 0 aromatic heterocycles. The standard InChI is InChI=1S/C26H33N3O3/c30-29(31)21-8-4-7-20(17-21)25-19-28-15-5-9-26(28)24-18-22(10-11-23(24)25)32-16-6-14-27-12-2-1-3-13-27/h4,7-8,10-11,17-18,25-26H,1-3,5-6,9,12-16,19H2/t25-,26+/m0/s1. The van der Waals surface area contributed by atoms with Gasteiger partial charge in [0.1, 0.15) is 5.75 Å². The van der Waals surface area contributed by atoms with E-state index in [2.05, 4.69) is 28.0 Å². The van der Waals surface area contributed by atoms with E-state index in [4.69, 9.17) is 4.74 Å². The smallest absolute Gasteiger partial charge is 0.269 e. The zero-order chi connectivity index (χ0) is 21.9. The first-order valence-corrected chi connectivity index (χ1v) is 12.2. The van der Waals surface area contributed by atoms with E-state index >= 15 is 0 Å². The summed E-state index contributed by atoms with van der Waals surface area (Å²) in [6.07, 6.45) is 7.46. The molecule has 2 saturated heterocycles. The first-order chi connectivity index (χ1) is 15.7. The highest BCUT2D eigenvalue weighted by atomic mass is 16.6. The number of hydrogen-bond acceptors (Lipinski definition) is 5. The Hall–Kier alpha value is -2.44. The summed E-state index contributed by atoms with van der Waals surface area (Å²) in [5.74, 6) is 1.11. The van der Waals surface area contributed by atoms with Crippen LogP contribution in [0.1, 0.15) is 67.2 Å². The molecular formula is C26H33N3O3. The monoisotopic (exact) mass is 435 g/mol. The number of piperidine rings is 1. The Bertz CT molecular complexity index is 957. The van der Waals surface area contributed by atoms with Gasteiger partial charge in [-0.3, -0.25) is 15.0 Å². The summed E-state index contributed by atoms with van der Waals surface area (Å²) in [6, 6.07) is 14.1. The van der Waals surface area contributed by atoms with Crippen LogP contribution in [0.2, 0.25) is 0 Å². The Labute approximate surface area is 190 Å². The number of hydrogen-bond donors (Lipinski definition) is 0. The van der Waals surface area contributed by atoms with E-state index in [1.807, 2.05) is 12.1 Å². The predicted octanol–water partition coefficient (Wildman–Crippen LogP) is 5.13. The van der Waals surface area contributed by atoms with E-state index in [9.17, 15) is 10.1 Å². The van der Waals surface area contributed by atoms with E-state index in [1.54, 1.807) is 12.1 Å². The average Bonchev–Trinajstić information content (AvgIpc) is 3.31. The molecule has 0 radical (unpaired) electrons. The Morgan fingerprint density at radius 1 is 1.00 bits per heavy atom. The highest BCUT2D eigenvalue weighted by molar-refractivity contribution is 5.48. The van der Waals surface area contributed by atoms with Crippen molar-refractivity contribution in [2.24, 2.45) is 0 Å². The quantitative estimate of drug-likeness (QED) is 0.343. The maximum absolute atomic E-state index is 11.3. The Balaban J connectivity index is 1.32. The van der Waals surface area contributed by atoms with Crippen LogP contribution in [0.5, 0.6) is 5.75 Å². The molecule has 3 aliphatic rings. The van der Waals surface area contributed by atoms with E-state index < -0.39 is 0 Å². The molecule has 2 atom stereocenters. The minimum atomic E-state index is -0.299. The zero-order valence-corrected chi connectivity index (χ0v) is 18.7. The third-order valence-electron chi connectivity index (χ3n) is 7.39. The van der Waals surface area contributed by atoms with Gasteiger partial charge in [0.25, 0.3) is 5.69 Å². The van der Waals surface area contributed by atoms with E-state index in [0.717, 1.165) is 44.0 Å². The van der Waals surface area contributed by atoms with Gasteiger partial charge in [-0.1, -0.05) is 24.6 Å². The average molecular weight is 436 g/mol. The second-order valence-corrected chi connectivity index (χ2v) is 9.45. The summed E-state index contributed by atoms with van der Waals surface area (Å²) in [4.78, 5) is 16.1. The number of fused-ring (bicyclic) bond motifs is 3. The number of likely N-dealkylation sites (tertiary alicyclic amines) is 1. The molecule has 2 aromatic rings. The fourth-order valence-electron chi connectivity index (χ4n) is 5.78. The maximum atomic E-state index is 11.3. The normalized spacial score (nSPS) is 23.5. The molecule has 5 rings (SSSR count). The zero-order valence-electron chi connectivity index (χ0n) is 18.7. The van der Waals surface area contributed by atoms with Crippen molar-refractivity contribution in [3.05, 3.63) is 69.3 Å². The molecule has 3 aliphatic heterocycles. The third kappa shape index (κ3) is 4.52. The topological polar surface area (TPSA) is 58.9 Å². The van der Waals surface area contributed by atoms with Crippen molar-refractivity contribution in [1.29, 1.82) is 0 Å². The predicted molar refractivity (Wildman–Crippen MR) is 125 cm³/mol. The van der Waals surface area contributed by atoms with Crippen LogP contribution >= 0.6 is 0 Å². The van der Waals surface area contributed by atoms with Gasteiger partial charge in [-0.2, -0.15) is 0 Å². The van der Waals surface area contributed by atoms with Crippen molar-refractivity contribution < 1.29 is 9.66 Å². The molecule has 0 amide bonds. The van der Waals surface area contributed by atoms with Crippen LogP contribution < -0.4 is 4.74 Å². The largest absolute Gasteiger partial charge is 0.494 e. The number of rotatable bonds is 7. The van der Waals surface area contributed by atoms with Crippen LogP contribution in [0.4, 0.5) is 5.69 Å². The van der Waals surface area contributed by atoms with Crippen molar-refractivity contribution in [1.82, 2.24) is 9.80 Å². The lowest BCUT2D eigenvalue weighted by atomic mass is 9.81. The van der Waals surface area contributed by atoms with Gasteiger partial charge in [0.05, 0.1) is 11.5 Å². The summed E-state index contributed by atoms with van der Waals surface area (Å²) in [7, 11) is 0. The lowest BCUT2D eigenvalue weighted by Crippen LogP contribution is -2.34. The lowest BCUT2D eigenvalue weighted by Gasteiger charge is -2.37. The van der Waals surface area contributed by atoms with Crippen molar-refractivity contribution in [2.75, 3.05) is 39.3 Å². The van der Waals surface area contributed by atoms with Crippen molar-refractivity contribution >= 4 is 5.69 Å². The first kappa shape index (κ1) is 21.4. The van der Waals surface area contributed by atoms with Crippen LogP contribution in [0.25, 0.3) is 0 Å². The molecular weight excluding hydrogens is 402 g/mol. The number of benzene rings is 2. The van der Waals surface area contributed by atoms with Crippen LogP contribution in [0.3, 0.4) is 0 Å². The minimum Gasteiger partial charge on any atom is -0.494 e. The minimum absolute atomic E-state index is 0.160. The molecule has 0 N–H and O–H groups in total. The molecule has 170 valence electrons. The molecule has 2 aromatic carbocycles. The molecule has 3 heterocycles. The van der Waals surface area contributed by atoms with Crippen LogP contribution in [0, 0.1) is 10.1 Å². The van der Waals surface area contributed by atoms with Crippen molar-refractivity contribution in [3.63, 3.8) is 0 Å². The summed E-state index contributed by atoms with van der Waals surface area (Å²) in [6.45, 7) is 6.35. The SMILES string of the molecule is O=[N+]([O-])c1cccc([C@@H]2CN3CCC[C@@H]3c3cc(OCCCN4CCCCC4)ccc32)c1. The second kappa shape index (κ2) is 9.59. The Morgan fingerprint density at radius 2 is 1.88 bits per heavy atom. The van der Waals surface area contributed by atoms with Gasteiger partial charge in [0.2, 0.25) is 0 Å². The highest BCUT2D eigenvalue weighted by Crippen LogP contribution is 2.45. The molecule has 0 aliphatic carbocycles. The van der Waals surface area contributed by atoms with E-state index in [-0.39, 0.29) is 16.5 Å². The molecule has 6 nitrogen and oxygen atoms in total. The summed E-state index contributed by atoms with van der Waals surface area (Å²) in [5.41, 5.74) is 3.84. The maximum Gasteiger partial charge on any atom is 0.269 e. The van der Waals surface area contributed by atoms with Gasteiger partial charge in [0, 0.05) is 37.2 Å². The van der Waals surface area contributed by atoms with Crippen LogP contribution in [-0.4, -0.2) is 54.1 Å². The van der Waals surface area contributed by atoms with E-state index in [0.29, 0.717) is 6.04 Å². The molecule has 2 fully saturated rings. The van der Waals surface area contributed by atoms with Gasteiger partial charge >= 0.3 is 0 Å². The molecule has 6 heteroatoms. The number of nitro benzene ring substituents is 1. The van der Waals surface area contributed by atoms with E-state index in [1.165, 1.54) is 56.3 Å². The Morgan fingerprint density at radius 3 is 2.72 bits per heavy atom. The first-order valence-electron chi connectivity index (χ1n) is 12.2. The van der Waals surface area contributed by atoms with Gasteiger partial charge in [-0.05, 0) is 80.6 Å². The molecule has 32 heavy (non-hydrogen) atoms. The number of nitrogens with zero attached hydrogens (tertiary/aromatic N) is 3. The lowest BCUT2D eigenvalue weighted by molar-refractivity contribution is -0.384. The third-order valence-corrected chi connectivity index (χ3v) is 7.39. The molecule has 0 bridgehead atoms. The summed E-state index contributed by atoms with van der Waals surface area (Å²) < 4.78 is 6.17. The van der Waals surface area contributed by atoms with Gasteiger partial charge < -0.3 is 9.64 Å². The number of ether oxygens (including phenoxy) is 1. The Kier molecular flexibility index (Phi) is 6.42. The highest BCUT2D eigenvalue weighted by Gasteiger charge is 2.37. The molecule has 0 unspecified atom stereocenters. The van der Waals surface area contributed by atoms with Crippen molar-refractivity contribution in [3.8, 4) is 5.75 Å². The van der Waals surface area contributed by atoms with Crippen LogP contribution in [0.15, 0.2) is 42.5 Å². The van der Waals surface area contributed by atoms with Gasteiger partial charge in [-0.25, -0.2) is 0 Å². The second-order valence-electron chi connectivity index (χ2n) is 9.45. The van der Waals surface area contributed by atoms with Crippen LogP contribution in [-0.2, 0) is 0 Å². The fraction of sp³-hybridized carbons (Fsp3) is 0.538. The van der Waals surface area contributed by atoms with Crippen molar-refractivity contribution in [2.45, 2.75) is 50.5 Å². The summed E-state index contributed by atoms with van der Waals surface area (Å²) >= 11 is 0. The van der Waals surface area contributed by atoms with Gasteiger partial charge in [-0.15, -0.1) is 0 Å².